The Hall–Kier alpha value is -1.75. The molecule has 0 saturated carbocycles. The number of nitrogens with zero attached hydrogens (tertiary/aromatic N) is 2. The van der Waals surface area contributed by atoms with E-state index < -0.39 is 0 Å². The van der Waals surface area contributed by atoms with E-state index in [4.69, 9.17) is 4.74 Å². The maximum Gasteiger partial charge on any atom is 0.265 e. The van der Waals surface area contributed by atoms with Crippen molar-refractivity contribution >= 4 is 17.3 Å². The van der Waals surface area contributed by atoms with E-state index in [9.17, 15) is 4.79 Å². The van der Waals surface area contributed by atoms with E-state index in [1.165, 1.54) is 31.4 Å². The van der Waals surface area contributed by atoms with E-state index in [0.29, 0.717) is 0 Å². The standard InChI is InChI=1S/C19H29N3O2/c1-2-3-4-5-6-11-22-17-8-7-16(21-12-9-20-10-13-21)14-18(17)24-15-19(22)23/h7-8,14,20H,2-6,9-13,15H2,1H3. The highest BCUT2D eigenvalue weighted by Crippen LogP contribution is 2.36. The van der Waals surface area contributed by atoms with Gasteiger partial charge in [0, 0.05) is 44.5 Å². The Morgan fingerprint density at radius 2 is 1.92 bits per heavy atom. The summed E-state index contributed by atoms with van der Waals surface area (Å²) >= 11 is 0. The molecule has 0 bridgehead atoms. The molecule has 5 heteroatoms. The molecule has 132 valence electrons. The molecule has 2 aliphatic rings. The maximum atomic E-state index is 12.2. The zero-order valence-electron chi connectivity index (χ0n) is 14.7. The molecule has 0 unspecified atom stereocenters. The lowest BCUT2D eigenvalue weighted by atomic mass is 10.1. The highest BCUT2D eigenvalue weighted by atomic mass is 16.5. The molecule has 1 amide bonds. The fraction of sp³-hybridized carbons (Fsp3) is 0.632. The van der Waals surface area contributed by atoms with E-state index in [2.05, 4.69) is 35.3 Å². The molecule has 0 atom stereocenters. The van der Waals surface area contributed by atoms with Crippen molar-refractivity contribution in [1.29, 1.82) is 0 Å². The minimum atomic E-state index is 0.0768. The van der Waals surface area contributed by atoms with Gasteiger partial charge in [-0.3, -0.25) is 4.79 Å². The Bertz CT molecular complexity index is 556. The minimum Gasteiger partial charge on any atom is -0.481 e. The second kappa shape index (κ2) is 8.38. The van der Waals surface area contributed by atoms with Crippen LogP contribution in [0.3, 0.4) is 0 Å². The predicted octanol–water partition coefficient (Wildman–Crippen LogP) is 2.79. The van der Waals surface area contributed by atoms with Crippen molar-refractivity contribution in [3.8, 4) is 5.75 Å². The lowest BCUT2D eigenvalue weighted by Crippen LogP contribution is -2.43. The van der Waals surface area contributed by atoms with Crippen LogP contribution in [0.2, 0.25) is 0 Å². The number of fused-ring (bicyclic) bond motifs is 1. The van der Waals surface area contributed by atoms with Crippen molar-refractivity contribution in [2.24, 2.45) is 0 Å². The van der Waals surface area contributed by atoms with Crippen LogP contribution in [0.25, 0.3) is 0 Å². The van der Waals surface area contributed by atoms with Crippen molar-refractivity contribution in [3.63, 3.8) is 0 Å². The van der Waals surface area contributed by atoms with Crippen LogP contribution in [0, 0.1) is 0 Å². The van der Waals surface area contributed by atoms with Gasteiger partial charge in [-0.25, -0.2) is 0 Å². The van der Waals surface area contributed by atoms with Gasteiger partial charge >= 0.3 is 0 Å². The second-order valence-corrected chi connectivity index (χ2v) is 6.64. The van der Waals surface area contributed by atoms with Crippen LogP contribution in [0.4, 0.5) is 11.4 Å². The number of carbonyl (C=O) groups is 1. The van der Waals surface area contributed by atoms with Crippen LogP contribution in [-0.4, -0.2) is 45.2 Å². The first kappa shape index (κ1) is 17.1. The van der Waals surface area contributed by atoms with Crippen molar-refractivity contribution in [2.75, 3.05) is 49.1 Å². The first-order valence-corrected chi connectivity index (χ1v) is 9.32. The third-order valence-electron chi connectivity index (χ3n) is 4.85. The highest BCUT2D eigenvalue weighted by Gasteiger charge is 2.26. The van der Waals surface area contributed by atoms with Crippen LogP contribution in [0.15, 0.2) is 18.2 Å². The average Bonchev–Trinajstić information content (AvgIpc) is 2.63. The zero-order valence-corrected chi connectivity index (χ0v) is 14.7. The summed E-state index contributed by atoms with van der Waals surface area (Å²) in [5.41, 5.74) is 2.12. The summed E-state index contributed by atoms with van der Waals surface area (Å²) in [6, 6.07) is 6.27. The van der Waals surface area contributed by atoms with Gasteiger partial charge in [-0.2, -0.15) is 0 Å². The van der Waals surface area contributed by atoms with Gasteiger partial charge in [0.15, 0.2) is 6.61 Å². The van der Waals surface area contributed by atoms with E-state index in [1.54, 1.807) is 0 Å². The summed E-state index contributed by atoms with van der Waals surface area (Å²) in [5, 5.41) is 3.37. The number of nitrogens with one attached hydrogen (secondary N) is 1. The first-order chi connectivity index (χ1) is 11.8. The molecule has 1 saturated heterocycles. The molecular weight excluding hydrogens is 302 g/mol. The molecule has 5 nitrogen and oxygen atoms in total. The average molecular weight is 331 g/mol. The predicted molar refractivity (Wildman–Crippen MR) is 98.1 cm³/mol. The molecule has 1 fully saturated rings. The van der Waals surface area contributed by atoms with E-state index >= 15 is 0 Å². The third-order valence-corrected chi connectivity index (χ3v) is 4.85. The Morgan fingerprint density at radius 3 is 2.71 bits per heavy atom. The van der Waals surface area contributed by atoms with Crippen molar-refractivity contribution in [3.05, 3.63) is 18.2 Å². The summed E-state index contributed by atoms with van der Waals surface area (Å²) in [6.07, 6.45) is 6.02. The maximum absolute atomic E-state index is 12.2. The van der Waals surface area contributed by atoms with Gasteiger partial charge in [0.25, 0.3) is 5.91 Å². The second-order valence-electron chi connectivity index (χ2n) is 6.64. The lowest BCUT2D eigenvalue weighted by molar-refractivity contribution is -0.121. The summed E-state index contributed by atoms with van der Waals surface area (Å²) in [4.78, 5) is 16.5. The Labute approximate surface area is 145 Å². The number of piperazine rings is 1. The fourth-order valence-corrected chi connectivity index (χ4v) is 3.43. The number of rotatable bonds is 7. The highest BCUT2D eigenvalue weighted by molar-refractivity contribution is 5.98. The van der Waals surface area contributed by atoms with Crippen LogP contribution >= 0.6 is 0 Å². The lowest BCUT2D eigenvalue weighted by Gasteiger charge is -2.33. The smallest absolute Gasteiger partial charge is 0.265 e. The number of ether oxygens (including phenoxy) is 1. The van der Waals surface area contributed by atoms with Gasteiger partial charge in [-0.15, -0.1) is 0 Å². The van der Waals surface area contributed by atoms with Gasteiger partial charge in [0.2, 0.25) is 0 Å². The van der Waals surface area contributed by atoms with Crippen LogP contribution < -0.4 is 19.9 Å². The summed E-state index contributed by atoms with van der Waals surface area (Å²) in [7, 11) is 0. The third kappa shape index (κ3) is 4.01. The molecule has 2 heterocycles. The Balaban J connectivity index is 1.66. The summed E-state index contributed by atoms with van der Waals surface area (Å²) < 4.78 is 5.71. The molecule has 0 radical (unpaired) electrons. The molecule has 0 aromatic heterocycles. The molecule has 3 rings (SSSR count). The van der Waals surface area contributed by atoms with Crippen LogP contribution in [0.1, 0.15) is 39.0 Å². The van der Waals surface area contributed by atoms with Crippen molar-refractivity contribution in [1.82, 2.24) is 5.32 Å². The monoisotopic (exact) mass is 331 g/mol. The van der Waals surface area contributed by atoms with Crippen molar-refractivity contribution < 1.29 is 9.53 Å². The zero-order chi connectivity index (χ0) is 16.8. The Morgan fingerprint density at radius 1 is 1.12 bits per heavy atom. The summed E-state index contributed by atoms with van der Waals surface area (Å²) in [6.45, 7) is 7.23. The number of unbranched alkanes of at least 4 members (excludes halogenated alkanes) is 4. The number of anilines is 2. The SMILES string of the molecule is CCCCCCCN1C(=O)COc2cc(N3CCNCC3)ccc21. The van der Waals surface area contributed by atoms with E-state index in [-0.39, 0.29) is 12.5 Å². The number of benzene rings is 1. The Kier molecular flexibility index (Phi) is 5.96. The number of hydrogen-bond acceptors (Lipinski definition) is 4. The van der Waals surface area contributed by atoms with Crippen molar-refractivity contribution in [2.45, 2.75) is 39.0 Å². The topological polar surface area (TPSA) is 44.8 Å². The molecule has 2 aliphatic heterocycles. The van der Waals surface area contributed by atoms with Gasteiger partial charge < -0.3 is 19.9 Å². The number of carbonyl (C=O) groups excluding carboxylic acids is 1. The van der Waals surface area contributed by atoms with Gasteiger partial charge in [0.1, 0.15) is 5.75 Å². The normalized spacial score (nSPS) is 17.6. The van der Waals surface area contributed by atoms with Gasteiger partial charge in [0.05, 0.1) is 5.69 Å². The molecule has 24 heavy (non-hydrogen) atoms. The van der Waals surface area contributed by atoms with Gasteiger partial charge in [-0.1, -0.05) is 32.6 Å². The number of hydrogen-bond donors (Lipinski definition) is 1. The summed E-state index contributed by atoms with van der Waals surface area (Å²) in [5.74, 6) is 0.923. The van der Waals surface area contributed by atoms with E-state index in [0.717, 1.165) is 50.6 Å². The largest absolute Gasteiger partial charge is 0.481 e. The molecule has 0 aliphatic carbocycles. The van der Waals surface area contributed by atoms with Gasteiger partial charge in [-0.05, 0) is 18.6 Å². The quantitative estimate of drug-likeness (QED) is 0.781. The van der Waals surface area contributed by atoms with E-state index in [1.807, 2.05) is 4.90 Å². The number of amides is 1. The van der Waals surface area contributed by atoms with Crippen LogP contribution in [-0.2, 0) is 4.79 Å². The molecule has 1 aromatic rings. The molecule has 1 aromatic carbocycles. The molecular formula is C19H29N3O2. The fourth-order valence-electron chi connectivity index (χ4n) is 3.43. The molecule has 0 spiro atoms. The first-order valence-electron chi connectivity index (χ1n) is 9.32. The molecule has 1 N–H and O–H groups in total. The minimum absolute atomic E-state index is 0.0768. The van der Waals surface area contributed by atoms with Crippen LogP contribution in [0.5, 0.6) is 5.75 Å².